The molecular formula is C19H23N3O. The molecule has 1 aromatic heterocycles. The Kier molecular flexibility index (Phi) is 4.91. The van der Waals surface area contributed by atoms with E-state index in [4.69, 9.17) is 0 Å². The van der Waals surface area contributed by atoms with Gasteiger partial charge in [0, 0.05) is 31.4 Å². The van der Waals surface area contributed by atoms with Crippen molar-refractivity contribution in [2.24, 2.45) is 5.92 Å². The van der Waals surface area contributed by atoms with Gasteiger partial charge in [-0.3, -0.25) is 4.79 Å². The lowest BCUT2D eigenvalue weighted by Gasteiger charge is -2.32. The normalized spacial score (nSPS) is 15.4. The van der Waals surface area contributed by atoms with Crippen molar-refractivity contribution >= 4 is 11.7 Å². The quantitative estimate of drug-likeness (QED) is 0.944. The number of rotatable bonds is 4. The van der Waals surface area contributed by atoms with E-state index < -0.39 is 0 Å². The highest BCUT2D eigenvalue weighted by Gasteiger charge is 2.20. The summed E-state index contributed by atoms with van der Waals surface area (Å²) in [6, 6.07) is 13.7. The molecule has 120 valence electrons. The molecule has 0 saturated carbocycles. The Morgan fingerprint density at radius 1 is 1.17 bits per heavy atom. The van der Waals surface area contributed by atoms with Crippen LogP contribution in [0.5, 0.6) is 0 Å². The van der Waals surface area contributed by atoms with Crippen LogP contribution in [0.3, 0.4) is 0 Å². The lowest BCUT2D eigenvalue weighted by Crippen LogP contribution is -2.39. The molecule has 1 amide bonds. The van der Waals surface area contributed by atoms with E-state index >= 15 is 0 Å². The van der Waals surface area contributed by atoms with Gasteiger partial charge in [-0.1, -0.05) is 24.3 Å². The first kappa shape index (κ1) is 15.5. The van der Waals surface area contributed by atoms with Gasteiger partial charge in [-0.2, -0.15) is 0 Å². The highest BCUT2D eigenvalue weighted by atomic mass is 16.1. The number of benzene rings is 1. The summed E-state index contributed by atoms with van der Waals surface area (Å²) in [5, 5.41) is 3.09. The standard InChI is InChI=1S/C19H23N3O/c1-15-6-2-3-7-17(15)19(23)21-14-16-9-12-22(13-10-16)18-8-4-5-11-20-18/h2-8,11,16H,9-10,12-14H2,1H3,(H,21,23). The van der Waals surface area contributed by atoms with Gasteiger partial charge in [0.1, 0.15) is 5.82 Å². The second-order valence-corrected chi connectivity index (χ2v) is 6.14. The average Bonchev–Trinajstić information content (AvgIpc) is 2.61. The molecule has 4 heteroatoms. The Bertz CT molecular complexity index is 649. The summed E-state index contributed by atoms with van der Waals surface area (Å²) in [5.41, 5.74) is 1.80. The number of aryl methyl sites for hydroxylation is 1. The second kappa shape index (κ2) is 7.27. The van der Waals surface area contributed by atoms with Crippen molar-refractivity contribution in [3.8, 4) is 0 Å². The Morgan fingerprint density at radius 3 is 2.61 bits per heavy atom. The molecule has 23 heavy (non-hydrogen) atoms. The summed E-state index contributed by atoms with van der Waals surface area (Å²) in [7, 11) is 0. The van der Waals surface area contributed by atoms with E-state index in [2.05, 4.69) is 21.3 Å². The molecular weight excluding hydrogens is 286 g/mol. The maximum absolute atomic E-state index is 12.3. The van der Waals surface area contributed by atoms with Crippen molar-refractivity contribution < 1.29 is 4.79 Å². The molecule has 1 saturated heterocycles. The molecule has 2 heterocycles. The number of nitrogens with zero attached hydrogens (tertiary/aromatic N) is 2. The number of anilines is 1. The molecule has 0 bridgehead atoms. The van der Waals surface area contributed by atoms with Crippen molar-refractivity contribution in [2.45, 2.75) is 19.8 Å². The summed E-state index contributed by atoms with van der Waals surface area (Å²) in [4.78, 5) is 19.0. The minimum atomic E-state index is 0.0373. The maximum Gasteiger partial charge on any atom is 0.251 e. The first-order valence-corrected chi connectivity index (χ1v) is 8.24. The molecule has 3 rings (SSSR count). The van der Waals surface area contributed by atoms with E-state index in [1.54, 1.807) is 0 Å². The van der Waals surface area contributed by atoms with Gasteiger partial charge in [-0.25, -0.2) is 4.98 Å². The molecule has 0 unspecified atom stereocenters. The van der Waals surface area contributed by atoms with E-state index in [-0.39, 0.29) is 5.91 Å². The number of hydrogen-bond donors (Lipinski definition) is 1. The van der Waals surface area contributed by atoms with Gasteiger partial charge in [0.25, 0.3) is 5.91 Å². The van der Waals surface area contributed by atoms with E-state index in [9.17, 15) is 4.79 Å². The second-order valence-electron chi connectivity index (χ2n) is 6.14. The van der Waals surface area contributed by atoms with Crippen molar-refractivity contribution in [3.63, 3.8) is 0 Å². The highest BCUT2D eigenvalue weighted by Crippen LogP contribution is 2.21. The largest absolute Gasteiger partial charge is 0.357 e. The summed E-state index contributed by atoms with van der Waals surface area (Å²) in [6.45, 7) is 4.73. The first-order valence-electron chi connectivity index (χ1n) is 8.24. The lowest BCUT2D eigenvalue weighted by molar-refractivity contribution is 0.0944. The zero-order valence-corrected chi connectivity index (χ0v) is 13.5. The van der Waals surface area contributed by atoms with E-state index in [1.807, 2.05) is 49.5 Å². The lowest BCUT2D eigenvalue weighted by atomic mass is 9.96. The first-order chi connectivity index (χ1) is 11.2. The summed E-state index contributed by atoms with van der Waals surface area (Å²) in [6.07, 6.45) is 4.01. The summed E-state index contributed by atoms with van der Waals surface area (Å²) < 4.78 is 0. The van der Waals surface area contributed by atoms with Crippen LogP contribution in [-0.2, 0) is 0 Å². The van der Waals surface area contributed by atoms with Crippen LogP contribution in [0.25, 0.3) is 0 Å². The monoisotopic (exact) mass is 309 g/mol. The van der Waals surface area contributed by atoms with Crippen LogP contribution in [0.4, 0.5) is 5.82 Å². The molecule has 0 radical (unpaired) electrons. The van der Waals surface area contributed by atoms with E-state index in [0.717, 1.165) is 49.4 Å². The minimum Gasteiger partial charge on any atom is -0.357 e. The van der Waals surface area contributed by atoms with Crippen LogP contribution >= 0.6 is 0 Å². The number of nitrogens with one attached hydrogen (secondary N) is 1. The average molecular weight is 309 g/mol. The van der Waals surface area contributed by atoms with Crippen molar-refractivity contribution in [1.82, 2.24) is 10.3 Å². The highest BCUT2D eigenvalue weighted by molar-refractivity contribution is 5.95. The fourth-order valence-electron chi connectivity index (χ4n) is 3.07. The Labute approximate surface area is 137 Å². The number of piperidine rings is 1. The van der Waals surface area contributed by atoms with Crippen molar-refractivity contribution in [1.29, 1.82) is 0 Å². The van der Waals surface area contributed by atoms with Crippen LogP contribution in [0.1, 0.15) is 28.8 Å². The van der Waals surface area contributed by atoms with Gasteiger partial charge in [0.05, 0.1) is 0 Å². The maximum atomic E-state index is 12.3. The third-order valence-corrected chi connectivity index (χ3v) is 4.53. The van der Waals surface area contributed by atoms with Crippen LogP contribution in [0, 0.1) is 12.8 Å². The fraction of sp³-hybridized carbons (Fsp3) is 0.368. The number of hydrogen-bond acceptors (Lipinski definition) is 3. The van der Waals surface area contributed by atoms with Gasteiger partial charge in [0.2, 0.25) is 0 Å². The van der Waals surface area contributed by atoms with E-state index in [1.165, 1.54) is 0 Å². The number of amides is 1. The summed E-state index contributed by atoms with van der Waals surface area (Å²) in [5.74, 6) is 1.63. The predicted octanol–water partition coefficient (Wildman–Crippen LogP) is 3.04. The smallest absolute Gasteiger partial charge is 0.251 e. The summed E-state index contributed by atoms with van der Waals surface area (Å²) >= 11 is 0. The Morgan fingerprint density at radius 2 is 1.91 bits per heavy atom. The molecule has 4 nitrogen and oxygen atoms in total. The Hall–Kier alpha value is -2.36. The molecule has 1 fully saturated rings. The topological polar surface area (TPSA) is 45.2 Å². The number of carbonyl (C=O) groups is 1. The SMILES string of the molecule is Cc1ccccc1C(=O)NCC1CCN(c2ccccn2)CC1. The van der Waals surface area contributed by atoms with Gasteiger partial charge in [-0.05, 0) is 49.4 Å². The number of aromatic nitrogens is 1. The van der Waals surface area contributed by atoms with Crippen molar-refractivity contribution in [3.05, 3.63) is 59.8 Å². The molecule has 1 N–H and O–H groups in total. The van der Waals surface area contributed by atoms with Gasteiger partial charge >= 0.3 is 0 Å². The van der Waals surface area contributed by atoms with Crippen LogP contribution < -0.4 is 10.2 Å². The number of pyridine rings is 1. The molecule has 1 aliphatic rings. The van der Waals surface area contributed by atoms with Gasteiger partial charge < -0.3 is 10.2 Å². The minimum absolute atomic E-state index is 0.0373. The van der Waals surface area contributed by atoms with Crippen LogP contribution in [0.2, 0.25) is 0 Å². The third kappa shape index (κ3) is 3.89. The fourth-order valence-corrected chi connectivity index (χ4v) is 3.07. The van der Waals surface area contributed by atoms with E-state index in [0.29, 0.717) is 5.92 Å². The molecule has 0 spiro atoms. The molecule has 0 atom stereocenters. The van der Waals surface area contributed by atoms with Gasteiger partial charge in [-0.15, -0.1) is 0 Å². The van der Waals surface area contributed by atoms with Crippen molar-refractivity contribution in [2.75, 3.05) is 24.5 Å². The van der Waals surface area contributed by atoms with Crippen LogP contribution in [-0.4, -0.2) is 30.5 Å². The zero-order chi connectivity index (χ0) is 16.1. The third-order valence-electron chi connectivity index (χ3n) is 4.53. The molecule has 1 aliphatic heterocycles. The Balaban J connectivity index is 1.48. The molecule has 0 aliphatic carbocycles. The van der Waals surface area contributed by atoms with Gasteiger partial charge in [0.15, 0.2) is 0 Å². The zero-order valence-electron chi connectivity index (χ0n) is 13.5. The molecule has 1 aromatic carbocycles. The number of carbonyl (C=O) groups excluding carboxylic acids is 1. The molecule has 2 aromatic rings. The predicted molar refractivity (Wildman–Crippen MR) is 92.7 cm³/mol. The van der Waals surface area contributed by atoms with Crippen LogP contribution in [0.15, 0.2) is 48.7 Å².